The zero-order chi connectivity index (χ0) is 12.1. The molecular formula is C13H29N. The smallest absolute Gasteiger partial charge is 0.0169 e. The lowest BCUT2D eigenvalue weighted by atomic mass is 10.3. The summed E-state index contributed by atoms with van der Waals surface area (Å²) in [5, 5.41) is 0. The van der Waals surface area contributed by atoms with Crippen molar-refractivity contribution in [3.8, 4) is 0 Å². The van der Waals surface area contributed by atoms with E-state index in [1.807, 2.05) is 41.5 Å². The zero-order valence-corrected chi connectivity index (χ0v) is 11.6. The highest BCUT2D eigenvalue weighted by atomic mass is 14.9. The van der Waals surface area contributed by atoms with E-state index in [2.05, 4.69) is 37.7 Å². The van der Waals surface area contributed by atoms with Gasteiger partial charge < -0.3 is 4.57 Å². The molecule has 1 rings (SSSR count). The summed E-state index contributed by atoms with van der Waals surface area (Å²) in [6.07, 6.45) is 2.07. The second kappa shape index (κ2) is 14.8. The summed E-state index contributed by atoms with van der Waals surface area (Å²) in [7, 11) is 2.06. The van der Waals surface area contributed by atoms with Gasteiger partial charge in [-0.2, -0.15) is 0 Å². The molecule has 0 saturated carbocycles. The largest absolute Gasteiger partial charge is 0.354 e. The van der Waals surface area contributed by atoms with Crippen LogP contribution >= 0.6 is 0 Å². The minimum atomic E-state index is 1.35. The maximum atomic E-state index is 2.12. The lowest BCUT2D eigenvalue weighted by Crippen LogP contribution is -1.87. The van der Waals surface area contributed by atoms with Crippen molar-refractivity contribution in [3.05, 3.63) is 23.5 Å². The van der Waals surface area contributed by atoms with Crippen LogP contribution in [0.4, 0.5) is 0 Å². The molecule has 1 heteroatoms. The Morgan fingerprint density at radius 3 is 1.29 bits per heavy atom. The van der Waals surface area contributed by atoms with E-state index in [9.17, 15) is 0 Å². The third-order valence-corrected chi connectivity index (χ3v) is 1.65. The van der Waals surface area contributed by atoms with Crippen molar-refractivity contribution in [2.45, 2.75) is 55.4 Å². The highest BCUT2D eigenvalue weighted by molar-refractivity contribution is 5.17. The molecule has 0 aliphatic carbocycles. The summed E-state index contributed by atoms with van der Waals surface area (Å²) in [6, 6.07) is 2.12. The Morgan fingerprint density at radius 2 is 1.21 bits per heavy atom. The summed E-state index contributed by atoms with van der Waals surface area (Å²) < 4.78 is 2.12. The highest BCUT2D eigenvalue weighted by Crippen LogP contribution is 2.04. The average molecular weight is 199 g/mol. The number of aromatic nitrogens is 1. The van der Waals surface area contributed by atoms with E-state index in [4.69, 9.17) is 0 Å². The van der Waals surface area contributed by atoms with E-state index in [-0.39, 0.29) is 0 Å². The summed E-state index contributed by atoms with van der Waals surface area (Å²) in [4.78, 5) is 0. The number of hydrogen-bond donors (Lipinski definition) is 0. The van der Waals surface area contributed by atoms with Gasteiger partial charge in [0.15, 0.2) is 0 Å². The molecule has 0 atom stereocenters. The molecule has 1 heterocycles. The molecule has 1 aromatic rings. The lowest BCUT2D eigenvalue weighted by molar-refractivity contribution is 0.877. The van der Waals surface area contributed by atoms with Crippen LogP contribution in [-0.2, 0) is 7.05 Å². The summed E-state index contributed by atoms with van der Waals surface area (Å²) in [5.74, 6) is 0. The van der Waals surface area contributed by atoms with Crippen molar-refractivity contribution in [1.82, 2.24) is 4.57 Å². The fourth-order valence-electron chi connectivity index (χ4n) is 0.734. The fourth-order valence-corrected chi connectivity index (χ4v) is 0.734. The van der Waals surface area contributed by atoms with Gasteiger partial charge in [0.05, 0.1) is 0 Å². The molecule has 1 nitrogen and oxygen atoms in total. The van der Waals surface area contributed by atoms with Crippen LogP contribution in [0.2, 0.25) is 0 Å². The maximum Gasteiger partial charge on any atom is 0.0169 e. The van der Waals surface area contributed by atoms with Crippen LogP contribution in [0, 0.1) is 13.8 Å². The van der Waals surface area contributed by atoms with Gasteiger partial charge >= 0.3 is 0 Å². The van der Waals surface area contributed by atoms with Crippen LogP contribution < -0.4 is 0 Å². The van der Waals surface area contributed by atoms with Crippen LogP contribution in [0.5, 0.6) is 0 Å². The first-order chi connectivity index (χ1) is 6.72. The molecule has 0 aliphatic rings. The first-order valence-electron chi connectivity index (χ1n) is 5.80. The van der Waals surface area contributed by atoms with Crippen LogP contribution in [0.25, 0.3) is 0 Å². The first-order valence-corrected chi connectivity index (χ1v) is 5.80. The van der Waals surface area contributed by atoms with E-state index in [0.29, 0.717) is 0 Å². The van der Waals surface area contributed by atoms with Crippen molar-refractivity contribution in [2.24, 2.45) is 7.05 Å². The molecular weight excluding hydrogens is 170 g/mol. The summed E-state index contributed by atoms with van der Waals surface area (Å²) in [6.45, 7) is 16.2. The summed E-state index contributed by atoms with van der Waals surface area (Å²) in [5.41, 5.74) is 2.72. The second-order valence-corrected chi connectivity index (χ2v) is 2.20. The molecule has 0 N–H and O–H groups in total. The van der Waals surface area contributed by atoms with Gasteiger partial charge in [-0.1, -0.05) is 41.5 Å². The molecule has 0 radical (unpaired) electrons. The average Bonchev–Trinajstić information content (AvgIpc) is 2.58. The Kier molecular flexibility index (Phi) is 20.0. The van der Waals surface area contributed by atoms with Gasteiger partial charge in [0.25, 0.3) is 0 Å². The molecule has 0 spiro atoms. The Balaban J connectivity index is -0.000000174. The highest BCUT2D eigenvalue weighted by Gasteiger charge is 1.92. The normalized spacial score (nSPS) is 6.93. The van der Waals surface area contributed by atoms with Gasteiger partial charge in [-0.3, -0.25) is 0 Å². The Bertz CT molecular complexity index is 168. The number of nitrogens with zero attached hydrogens (tertiary/aromatic N) is 1. The minimum absolute atomic E-state index is 1.35. The van der Waals surface area contributed by atoms with Gasteiger partial charge in [-0.25, -0.2) is 0 Å². The quantitative estimate of drug-likeness (QED) is 0.570. The predicted molar refractivity (Wildman–Crippen MR) is 68.9 cm³/mol. The monoisotopic (exact) mass is 199 g/mol. The molecule has 0 amide bonds. The Morgan fingerprint density at radius 1 is 0.857 bits per heavy atom. The van der Waals surface area contributed by atoms with Crippen molar-refractivity contribution < 1.29 is 0 Å². The molecule has 86 valence electrons. The van der Waals surface area contributed by atoms with Gasteiger partial charge in [0.1, 0.15) is 0 Å². The maximum absolute atomic E-state index is 2.12. The van der Waals surface area contributed by atoms with Crippen molar-refractivity contribution >= 4 is 0 Å². The van der Waals surface area contributed by atoms with Crippen LogP contribution in [-0.4, -0.2) is 4.57 Å². The van der Waals surface area contributed by atoms with E-state index >= 15 is 0 Å². The molecule has 0 aliphatic heterocycles. The SMILES string of the molecule is CC.CC.CC.Cc1ccn(C)c1C. The molecule has 0 unspecified atom stereocenters. The Hall–Kier alpha value is -0.720. The first kappa shape index (κ1) is 18.9. The van der Waals surface area contributed by atoms with Crippen LogP contribution in [0.1, 0.15) is 52.8 Å². The lowest BCUT2D eigenvalue weighted by Gasteiger charge is -1.93. The van der Waals surface area contributed by atoms with Crippen molar-refractivity contribution in [3.63, 3.8) is 0 Å². The Labute approximate surface area is 91.2 Å². The fraction of sp³-hybridized carbons (Fsp3) is 0.692. The molecule has 0 saturated heterocycles. The minimum Gasteiger partial charge on any atom is -0.354 e. The molecule has 1 aromatic heterocycles. The predicted octanol–water partition coefficient (Wildman–Crippen LogP) is 4.72. The van der Waals surface area contributed by atoms with Gasteiger partial charge in [-0.05, 0) is 25.5 Å². The molecule has 0 aromatic carbocycles. The van der Waals surface area contributed by atoms with E-state index in [0.717, 1.165) is 0 Å². The van der Waals surface area contributed by atoms with E-state index in [1.165, 1.54) is 11.3 Å². The molecule has 0 fully saturated rings. The standard InChI is InChI=1S/C7H11N.3C2H6/c1-6-4-5-8(3)7(6)2;3*1-2/h4-5H,1-3H3;3*1-2H3. The molecule has 0 bridgehead atoms. The molecule has 14 heavy (non-hydrogen) atoms. The van der Waals surface area contributed by atoms with E-state index in [1.54, 1.807) is 0 Å². The number of rotatable bonds is 0. The van der Waals surface area contributed by atoms with Gasteiger partial charge in [0.2, 0.25) is 0 Å². The zero-order valence-electron chi connectivity index (χ0n) is 11.6. The topological polar surface area (TPSA) is 4.93 Å². The van der Waals surface area contributed by atoms with Crippen LogP contribution in [0.15, 0.2) is 12.3 Å². The number of hydrogen-bond acceptors (Lipinski definition) is 0. The third-order valence-electron chi connectivity index (χ3n) is 1.65. The summed E-state index contributed by atoms with van der Waals surface area (Å²) >= 11 is 0. The van der Waals surface area contributed by atoms with Gasteiger partial charge in [0, 0.05) is 18.9 Å². The van der Waals surface area contributed by atoms with Crippen molar-refractivity contribution in [2.75, 3.05) is 0 Å². The van der Waals surface area contributed by atoms with Crippen LogP contribution in [0.3, 0.4) is 0 Å². The van der Waals surface area contributed by atoms with Crippen molar-refractivity contribution in [1.29, 1.82) is 0 Å². The van der Waals surface area contributed by atoms with Gasteiger partial charge in [-0.15, -0.1) is 0 Å². The van der Waals surface area contributed by atoms with E-state index < -0.39 is 0 Å². The third kappa shape index (κ3) is 7.90. The second-order valence-electron chi connectivity index (χ2n) is 2.20. The number of aryl methyl sites for hydroxylation is 2.